The Balaban J connectivity index is 0.000000417. The summed E-state index contributed by atoms with van der Waals surface area (Å²) in [6, 6.07) is 20.7. The van der Waals surface area contributed by atoms with Crippen molar-refractivity contribution in [3.8, 4) is 17.1 Å². The number of rotatable bonds is 4. The fourth-order valence-electron chi connectivity index (χ4n) is 4.11. The van der Waals surface area contributed by atoms with Gasteiger partial charge in [-0.25, -0.2) is 9.97 Å². The number of amides is 1. The van der Waals surface area contributed by atoms with Crippen molar-refractivity contribution in [1.29, 1.82) is 0 Å². The van der Waals surface area contributed by atoms with Crippen molar-refractivity contribution in [3.63, 3.8) is 0 Å². The molecule has 1 aromatic heterocycles. The number of para-hydroxylation sites is 1. The molecule has 0 spiro atoms. The molecule has 1 aliphatic heterocycles. The molecule has 186 valence electrons. The topological polar surface area (TPSA) is 95.6 Å². The van der Waals surface area contributed by atoms with Crippen molar-refractivity contribution in [2.24, 2.45) is 5.73 Å². The van der Waals surface area contributed by atoms with Gasteiger partial charge in [0.15, 0.2) is 5.82 Å². The molecule has 0 bridgehead atoms. The Hall–Kier alpha value is -4.13. The van der Waals surface area contributed by atoms with Crippen molar-refractivity contribution >= 4 is 28.3 Å². The number of aromatic hydroxyl groups is 1. The normalized spacial score (nSPS) is 12.8. The number of aryl methyl sites for hydroxylation is 1. The third kappa shape index (κ3) is 5.51. The SMILES string of the molecule is CN(C)c1cccc(C(N)=O)c1.Cc1ccc2c(N3CCCC3)nc(-c3ccccc3O)nc2c1.[HH].[HH].[HH]. The molecule has 3 N–H and O–H groups in total. The number of nitrogens with zero attached hydrogens (tertiary/aromatic N) is 4. The lowest BCUT2D eigenvalue weighted by Gasteiger charge is -2.19. The quantitative estimate of drug-likeness (QED) is 0.405. The Labute approximate surface area is 210 Å². The molecule has 0 aliphatic carbocycles. The van der Waals surface area contributed by atoms with Crippen LogP contribution in [0, 0.1) is 6.92 Å². The minimum atomic E-state index is -0.390. The zero-order valence-electron chi connectivity index (χ0n) is 20.4. The van der Waals surface area contributed by atoms with Gasteiger partial charge in [0.2, 0.25) is 5.91 Å². The number of hydrogen-bond acceptors (Lipinski definition) is 6. The molecule has 1 aliphatic rings. The van der Waals surface area contributed by atoms with E-state index in [9.17, 15) is 9.90 Å². The Morgan fingerprint density at radius 3 is 2.43 bits per heavy atom. The summed E-state index contributed by atoms with van der Waals surface area (Å²) in [5.41, 5.74) is 9.43. The molecule has 4 aromatic rings. The van der Waals surface area contributed by atoms with E-state index in [4.69, 9.17) is 15.7 Å². The second-order valence-electron chi connectivity index (χ2n) is 8.91. The molecule has 0 radical (unpaired) electrons. The van der Waals surface area contributed by atoms with E-state index in [1.165, 1.54) is 18.4 Å². The Kier molecular flexibility index (Phi) is 7.15. The maximum atomic E-state index is 10.8. The van der Waals surface area contributed by atoms with E-state index in [-0.39, 0.29) is 10.0 Å². The van der Waals surface area contributed by atoms with Crippen LogP contribution in [-0.2, 0) is 0 Å². The van der Waals surface area contributed by atoms with Gasteiger partial charge in [-0.2, -0.15) is 0 Å². The van der Waals surface area contributed by atoms with Gasteiger partial charge in [-0.05, 0) is 67.8 Å². The standard InChI is InChI=1S/C19H19N3O.C9H12N2O.3H2/c1-13-8-9-14-16(12-13)20-18(15-6-2-3-7-17(15)23)21-19(14)22-10-4-5-11-22;1-11(2)8-5-3-4-7(6-8)9(10)12;;;/h2-3,6-9,12,23H,4-5,10-11H2,1H3;3-6H,1-2H3,(H2,10,12);3*1H. The Morgan fingerprint density at radius 2 is 1.74 bits per heavy atom. The highest BCUT2D eigenvalue weighted by Gasteiger charge is 2.19. The first kappa shape index (κ1) is 24.0. The van der Waals surface area contributed by atoms with Crippen LogP contribution in [0.15, 0.2) is 66.7 Å². The predicted molar refractivity (Wildman–Crippen MR) is 148 cm³/mol. The van der Waals surface area contributed by atoms with Crippen LogP contribution < -0.4 is 15.5 Å². The van der Waals surface area contributed by atoms with Crippen LogP contribution >= 0.6 is 0 Å². The van der Waals surface area contributed by atoms with E-state index < -0.39 is 5.91 Å². The molecule has 5 rings (SSSR count). The first-order chi connectivity index (χ1) is 16.8. The van der Waals surface area contributed by atoms with Gasteiger partial charge in [-0.15, -0.1) is 0 Å². The number of hydrogen-bond donors (Lipinski definition) is 2. The van der Waals surface area contributed by atoms with Crippen LogP contribution in [0.25, 0.3) is 22.3 Å². The average molecular weight is 476 g/mol. The second-order valence-corrected chi connectivity index (χ2v) is 8.91. The molecule has 0 saturated carbocycles. The van der Waals surface area contributed by atoms with E-state index >= 15 is 0 Å². The number of nitrogens with two attached hydrogens (primary N) is 1. The number of carbonyl (C=O) groups is 1. The molecular formula is C28H37N5O2. The molecule has 0 unspecified atom stereocenters. The van der Waals surface area contributed by atoms with Gasteiger partial charge in [-0.3, -0.25) is 4.79 Å². The maximum absolute atomic E-state index is 10.8. The summed E-state index contributed by atoms with van der Waals surface area (Å²) in [6.45, 7) is 4.12. The number of phenols is 1. The number of carbonyl (C=O) groups excluding carboxylic acids is 1. The summed E-state index contributed by atoms with van der Waals surface area (Å²) >= 11 is 0. The number of benzene rings is 3. The molecule has 7 heteroatoms. The van der Waals surface area contributed by atoms with Gasteiger partial charge in [0, 0.05) is 48.1 Å². The molecule has 1 amide bonds. The molecule has 0 atom stereocenters. The van der Waals surface area contributed by atoms with Crippen LogP contribution in [0.5, 0.6) is 5.75 Å². The fraction of sp³-hybridized carbons (Fsp3) is 0.250. The third-order valence-electron chi connectivity index (χ3n) is 6.03. The average Bonchev–Trinajstić information content (AvgIpc) is 3.39. The van der Waals surface area contributed by atoms with Crippen LogP contribution in [0.1, 0.15) is 33.0 Å². The molecular weight excluding hydrogens is 438 g/mol. The van der Waals surface area contributed by atoms with Crippen LogP contribution in [-0.4, -0.2) is 48.2 Å². The van der Waals surface area contributed by atoms with Gasteiger partial charge < -0.3 is 20.6 Å². The molecule has 35 heavy (non-hydrogen) atoms. The molecule has 1 saturated heterocycles. The highest BCUT2D eigenvalue weighted by molar-refractivity contribution is 5.94. The molecule has 2 heterocycles. The Bertz CT molecular complexity index is 1360. The van der Waals surface area contributed by atoms with Crippen molar-refractivity contribution in [2.75, 3.05) is 37.0 Å². The third-order valence-corrected chi connectivity index (χ3v) is 6.03. The van der Waals surface area contributed by atoms with Gasteiger partial charge in [0.25, 0.3) is 0 Å². The fourth-order valence-corrected chi connectivity index (χ4v) is 4.11. The summed E-state index contributed by atoms with van der Waals surface area (Å²) in [7, 11) is 3.83. The van der Waals surface area contributed by atoms with Crippen molar-refractivity contribution in [2.45, 2.75) is 19.8 Å². The summed E-state index contributed by atoms with van der Waals surface area (Å²) in [5, 5.41) is 11.2. The van der Waals surface area contributed by atoms with Crippen LogP contribution in [0.2, 0.25) is 0 Å². The van der Waals surface area contributed by atoms with Crippen molar-refractivity contribution < 1.29 is 14.2 Å². The number of primary amides is 1. The van der Waals surface area contributed by atoms with E-state index in [2.05, 4.69) is 30.0 Å². The Morgan fingerprint density at radius 1 is 1.00 bits per heavy atom. The number of fused-ring (bicyclic) bond motifs is 1. The van der Waals surface area contributed by atoms with E-state index in [1.54, 1.807) is 18.2 Å². The lowest BCUT2D eigenvalue weighted by atomic mass is 10.1. The minimum absolute atomic E-state index is 0. The van der Waals surface area contributed by atoms with Gasteiger partial charge >= 0.3 is 0 Å². The van der Waals surface area contributed by atoms with Gasteiger partial charge in [0.05, 0.1) is 11.1 Å². The number of aromatic nitrogens is 2. The smallest absolute Gasteiger partial charge is 0.248 e. The zero-order chi connectivity index (χ0) is 24.9. The zero-order valence-corrected chi connectivity index (χ0v) is 20.4. The largest absolute Gasteiger partial charge is 0.507 e. The highest BCUT2D eigenvalue weighted by Crippen LogP contribution is 2.33. The predicted octanol–water partition coefficient (Wildman–Crippen LogP) is 5.50. The number of anilines is 2. The van der Waals surface area contributed by atoms with Crippen molar-refractivity contribution in [1.82, 2.24) is 9.97 Å². The summed E-state index contributed by atoms with van der Waals surface area (Å²) in [5.74, 6) is 1.39. The highest BCUT2D eigenvalue weighted by atomic mass is 16.3. The van der Waals surface area contributed by atoms with E-state index in [0.29, 0.717) is 17.0 Å². The first-order valence-corrected chi connectivity index (χ1v) is 11.7. The molecule has 3 aromatic carbocycles. The summed E-state index contributed by atoms with van der Waals surface area (Å²) in [4.78, 5) is 24.5. The first-order valence-electron chi connectivity index (χ1n) is 11.7. The molecule has 7 nitrogen and oxygen atoms in total. The van der Waals surface area contributed by atoms with Gasteiger partial charge in [-0.1, -0.05) is 24.3 Å². The number of phenolic OH excluding ortho intramolecular Hbond substituents is 1. The second kappa shape index (κ2) is 10.4. The lowest BCUT2D eigenvalue weighted by Crippen LogP contribution is -2.20. The monoisotopic (exact) mass is 475 g/mol. The minimum Gasteiger partial charge on any atom is -0.507 e. The van der Waals surface area contributed by atoms with Crippen molar-refractivity contribution in [3.05, 3.63) is 77.9 Å². The van der Waals surface area contributed by atoms with Crippen LogP contribution in [0.3, 0.4) is 0 Å². The maximum Gasteiger partial charge on any atom is 0.248 e. The molecule has 1 fully saturated rings. The van der Waals surface area contributed by atoms with E-state index in [0.717, 1.165) is 35.5 Å². The lowest BCUT2D eigenvalue weighted by molar-refractivity contribution is 0.100. The van der Waals surface area contributed by atoms with Crippen LogP contribution in [0.4, 0.5) is 11.5 Å². The van der Waals surface area contributed by atoms with E-state index in [1.807, 2.05) is 49.3 Å². The van der Waals surface area contributed by atoms with Gasteiger partial charge in [0.1, 0.15) is 11.6 Å². The summed E-state index contributed by atoms with van der Waals surface area (Å²) < 4.78 is 0. The summed E-state index contributed by atoms with van der Waals surface area (Å²) in [6.07, 6.45) is 2.40.